The molecular formula is C22H26N2O3. The lowest BCUT2D eigenvalue weighted by molar-refractivity contribution is -0.120. The number of hydrogen-bond acceptors (Lipinski definition) is 3. The molecule has 0 radical (unpaired) electrons. The average Bonchev–Trinajstić information content (AvgIpc) is 2.65. The van der Waals surface area contributed by atoms with Crippen molar-refractivity contribution >= 4 is 29.0 Å². The van der Waals surface area contributed by atoms with Crippen LogP contribution in [0.1, 0.15) is 49.2 Å². The molecule has 0 bridgehead atoms. The minimum Gasteiger partial charge on any atom is -0.325 e. The van der Waals surface area contributed by atoms with Gasteiger partial charge in [0, 0.05) is 18.2 Å². The van der Waals surface area contributed by atoms with Crippen molar-refractivity contribution in [2.24, 2.45) is 0 Å². The molecule has 0 saturated heterocycles. The normalized spacial score (nSPS) is 10.4. The van der Waals surface area contributed by atoms with Crippen molar-refractivity contribution in [3.63, 3.8) is 0 Å². The number of para-hydroxylation sites is 1. The molecule has 0 aliphatic rings. The van der Waals surface area contributed by atoms with Crippen LogP contribution in [0.5, 0.6) is 0 Å². The number of Topliss-reactive ketones (excluding diaryl/α,β-unsaturated/α-hetero) is 1. The molecule has 2 rings (SSSR count). The molecule has 1 N–H and O–H groups in total. The number of amides is 2. The van der Waals surface area contributed by atoms with Crippen molar-refractivity contribution in [2.75, 3.05) is 16.8 Å². The van der Waals surface area contributed by atoms with Crippen molar-refractivity contribution < 1.29 is 14.4 Å². The molecule has 27 heavy (non-hydrogen) atoms. The van der Waals surface area contributed by atoms with E-state index in [0.29, 0.717) is 11.3 Å². The number of carbonyl (C=O) groups is 3. The highest BCUT2D eigenvalue weighted by molar-refractivity contribution is 6.03. The van der Waals surface area contributed by atoms with Gasteiger partial charge in [-0.05, 0) is 43.0 Å². The Balaban J connectivity index is 2.27. The van der Waals surface area contributed by atoms with Gasteiger partial charge in [0.25, 0.3) is 0 Å². The zero-order valence-electron chi connectivity index (χ0n) is 16.3. The fraction of sp³-hybridized carbons (Fsp3) is 0.318. The molecule has 2 aromatic carbocycles. The molecule has 0 unspecified atom stereocenters. The van der Waals surface area contributed by atoms with Crippen molar-refractivity contribution in [3.8, 4) is 0 Å². The van der Waals surface area contributed by atoms with Gasteiger partial charge in [0.05, 0.1) is 5.69 Å². The van der Waals surface area contributed by atoms with Crippen molar-refractivity contribution in [1.82, 2.24) is 0 Å². The first-order valence-electron chi connectivity index (χ1n) is 9.17. The zero-order chi connectivity index (χ0) is 20.0. The van der Waals surface area contributed by atoms with E-state index in [1.165, 1.54) is 18.7 Å². The van der Waals surface area contributed by atoms with Crippen LogP contribution in [-0.2, 0) is 22.4 Å². The summed E-state index contributed by atoms with van der Waals surface area (Å²) in [5.74, 6) is -0.557. The molecule has 5 heteroatoms. The van der Waals surface area contributed by atoms with E-state index in [1.54, 1.807) is 24.3 Å². The van der Waals surface area contributed by atoms with Crippen LogP contribution in [-0.4, -0.2) is 24.1 Å². The van der Waals surface area contributed by atoms with Gasteiger partial charge in [-0.2, -0.15) is 0 Å². The van der Waals surface area contributed by atoms with Crippen LogP contribution in [0.2, 0.25) is 0 Å². The minimum absolute atomic E-state index is 0.0686. The number of rotatable bonds is 7. The first kappa shape index (κ1) is 20.4. The van der Waals surface area contributed by atoms with E-state index < -0.39 is 0 Å². The van der Waals surface area contributed by atoms with E-state index in [1.807, 2.05) is 32.0 Å². The summed E-state index contributed by atoms with van der Waals surface area (Å²) in [4.78, 5) is 37.9. The summed E-state index contributed by atoms with van der Waals surface area (Å²) in [6.45, 7) is 6.93. The van der Waals surface area contributed by atoms with Gasteiger partial charge in [0.1, 0.15) is 6.54 Å². The molecule has 0 saturated carbocycles. The van der Waals surface area contributed by atoms with Crippen LogP contribution in [0.15, 0.2) is 42.5 Å². The number of anilines is 2. The number of hydrogen-bond donors (Lipinski definition) is 1. The second-order valence-electron chi connectivity index (χ2n) is 6.42. The Kier molecular flexibility index (Phi) is 6.88. The van der Waals surface area contributed by atoms with Gasteiger partial charge in [-0.1, -0.05) is 44.2 Å². The van der Waals surface area contributed by atoms with Crippen molar-refractivity contribution in [3.05, 3.63) is 59.2 Å². The molecule has 0 atom stereocenters. The quantitative estimate of drug-likeness (QED) is 0.753. The first-order chi connectivity index (χ1) is 12.9. The van der Waals surface area contributed by atoms with E-state index in [4.69, 9.17) is 0 Å². The number of ketones is 1. The van der Waals surface area contributed by atoms with Gasteiger partial charge >= 0.3 is 0 Å². The summed E-state index contributed by atoms with van der Waals surface area (Å²) in [5, 5.41) is 2.78. The number of benzene rings is 2. The second-order valence-corrected chi connectivity index (χ2v) is 6.42. The largest absolute Gasteiger partial charge is 0.325 e. The third-order valence-electron chi connectivity index (χ3n) is 4.47. The molecule has 0 aromatic heterocycles. The summed E-state index contributed by atoms with van der Waals surface area (Å²) in [6.07, 6.45) is 1.55. The minimum atomic E-state index is -0.307. The zero-order valence-corrected chi connectivity index (χ0v) is 16.3. The summed E-state index contributed by atoms with van der Waals surface area (Å²) < 4.78 is 0. The van der Waals surface area contributed by atoms with Crippen LogP contribution in [0, 0.1) is 0 Å². The number of nitrogens with zero attached hydrogens (tertiary/aromatic N) is 1. The van der Waals surface area contributed by atoms with Crippen LogP contribution < -0.4 is 10.2 Å². The Hall–Kier alpha value is -2.95. The van der Waals surface area contributed by atoms with Crippen LogP contribution in [0.3, 0.4) is 0 Å². The predicted octanol–water partition coefficient (Wildman–Crippen LogP) is 4.01. The smallest absolute Gasteiger partial charge is 0.244 e. The van der Waals surface area contributed by atoms with Gasteiger partial charge in [0.2, 0.25) is 11.8 Å². The SMILES string of the molecule is CCc1cccc(CC)c1N(CC(=O)Nc1cccc(C(C)=O)c1)C(C)=O. The summed E-state index contributed by atoms with van der Waals surface area (Å²) in [6, 6.07) is 12.7. The maximum atomic E-state index is 12.6. The highest BCUT2D eigenvalue weighted by Gasteiger charge is 2.21. The lowest BCUT2D eigenvalue weighted by atomic mass is 10.0. The summed E-state index contributed by atoms with van der Waals surface area (Å²) >= 11 is 0. The van der Waals surface area contributed by atoms with Crippen LogP contribution in [0.25, 0.3) is 0 Å². The maximum absolute atomic E-state index is 12.6. The van der Waals surface area contributed by atoms with Gasteiger partial charge in [-0.25, -0.2) is 0 Å². The molecule has 0 heterocycles. The molecule has 142 valence electrons. The number of aryl methyl sites for hydroxylation is 2. The van der Waals surface area contributed by atoms with E-state index in [0.717, 1.165) is 29.7 Å². The molecule has 0 aliphatic heterocycles. The highest BCUT2D eigenvalue weighted by atomic mass is 16.2. The van der Waals surface area contributed by atoms with Crippen molar-refractivity contribution in [2.45, 2.75) is 40.5 Å². The molecule has 2 amide bonds. The van der Waals surface area contributed by atoms with Gasteiger partial charge < -0.3 is 10.2 Å². The fourth-order valence-electron chi connectivity index (χ4n) is 3.07. The van der Waals surface area contributed by atoms with E-state index >= 15 is 0 Å². The van der Waals surface area contributed by atoms with E-state index in [2.05, 4.69) is 5.32 Å². The van der Waals surface area contributed by atoms with Crippen LogP contribution >= 0.6 is 0 Å². The number of carbonyl (C=O) groups excluding carboxylic acids is 3. The molecule has 5 nitrogen and oxygen atoms in total. The molecule has 0 aliphatic carbocycles. The third-order valence-corrected chi connectivity index (χ3v) is 4.47. The molecule has 0 spiro atoms. The average molecular weight is 366 g/mol. The summed E-state index contributed by atoms with van der Waals surface area (Å²) in [7, 11) is 0. The van der Waals surface area contributed by atoms with Gasteiger partial charge in [-0.3, -0.25) is 14.4 Å². The Labute approximate surface area is 160 Å². The second kappa shape index (κ2) is 9.12. The highest BCUT2D eigenvalue weighted by Crippen LogP contribution is 2.27. The summed E-state index contributed by atoms with van der Waals surface area (Å²) in [5.41, 5.74) is 3.96. The lowest BCUT2D eigenvalue weighted by Gasteiger charge is -2.26. The maximum Gasteiger partial charge on any atom is 0.244 e. The topological polar surface area (TPSA) is 66.5 Å². The Morgan fingerprint density at radius 2 is 1.52 bits per heavy atom. The lowest BCUT2D eigenvalue weighted by Crippen LogP contribution is -2.38. The third kappa shape index (κ3) is 5.03. The Bertz CT molecular complexity index is 836. The van der Waals surface area contributed by atoms with E-state index in [9.17, 15) is 14.4 Å². The predicted molar refractivity (Wildman–Crippen MR) is 108 cm³/mol. The standard InChI is InChI=1S/C22H26N2O3/c1-5-17-9-7-10-18(6-2)22(17)24(16(4)26)14-21(27)23-20-12-8-11-19(13-20)15(3)25/h7-13H,5-6,14H2,1-4H3,(H,23,27). The molecule has 0 fully saturated rings. The van der Waals surface area contributed by atoms with Gasteiger partial charge in [0.15, 0.2) is 5.78 Å². The van der Waals surface area contributed by atoms with Gasteiger partial charge in [-0.15, -0.1) is 0 Å². The fourth-order valence-corrected chi connectivity index (χ4v) is 3.07. The van der Waals surface area contributed by atoms with E-state index in [-0.39, 0.29) is 24.1 Å². The molecule has 2 aromatic rings. The Morgan fingerprint density at radius 1 is 0.926 bits per heavy atom. The first-order valence-corrected chi connectivity index (χ1v) is 9.17. The number of nitrogens with one attached hydrogen (secondary N) is 1. The Morgan fingerprint density at radius 3 is 2.04 bits per heavy atom. The van der Waals surface area contributed by atoms with Crippen LogP contribution in [0.4, 0.5) is 11.4 Å². The van der Waals surface area contributed by atoms with Crippen molar-refractivity contribution in [1.29, 1.82) is 0 Å². The monoisotopic (exact) mass is 366 g/mol. The molecular weight excluding hydrogens is 340 g/mol.